The van der Waals surface area contributed by atoms with Gasteiger partial charge in [0, 0.05) is 24.9 Å². The van der Waals surface area contributed by atoms with E-state index in [2.05, 4.69) is 10.3 Å². The van der Waals surface area contributed by atoms with Crippen LogP contribution in [0.4, 0.5) is 0 Å². The van der Waals surface area contributed by atoms with Crippen LogP contribution in [0.3, 0.4) is 0 Å². The van der Waals surface area contributed by atoms with Crippen molar-refractivity contribution in [3.63, 3.8) is 0 Å². The molecule has 1 amide bonds. The molecule has 0 aliphatic heterocycles. The van der Waals surface area contributed by atoms with E-state index in [4.69, 9.17) is 9.84 Å². The minimum atomic E-state index is -0.177. The maximum Gasteiger partial charge on any atom is 0.253 e. The van der Waals surface area contributed by atoms with Gasteiger partial charge >= 0.3 is 0 Å². The smallest absolute Gasteiger partial charge is 0.253 e. The fourth-order valence-corrected chi connectivity index (χ4v) is 1.63. The molecule has 0 aliphatic carbocycles. The molecule has 2 N–H and O–H groups in total. The predicted molar refractivity (Wildman–Crippen MR) is 73.2 cm³/mol. The Morgan fingerprint density at radius 3 is 2.68 bits per heavy atom. The van der Waals surface area contributed by atoms with Crippen molar-refractivity contribution in [2.75, 3.05) is 6.61 Å². The highest BCUT2D eigenvalue weighted by Gasteiger charge is 2.12. The van der Waals surface area contributed by atoms with Crippen molar-refractivity contribution in [1.29, 1.82) is 0 Å². The molecule has 0 spiro atoms. The number of aliphatic hydroxyl groups excluding tert-OH is 1. The summed E-state index contributed by atoms with van der Waals surface area (Å²) in [4.78, 5) is 16.0. The Balaban J connectivity index is 2.62. The van der Waals surface area contributed by atoms with Gasteiger partial charge < -0.3 is 15.2 Å². The molecule has 5 nitrogen and oxygen atoms in total. The van der Waals surface area contributed by atoms with Crippen LogP contribution in [0.1, 0.15) is 44.0 Å². The molecule has 1 heterocycles. The maximum absolute atomic E-state index is 11.9. The molecule has 0 bridgehead atoms. The normalized spacial score (nSPS) is 12.3. The van der Waals surface area contributed by atoms with Gasteiger partial charge in [-0.2, -0.15) is 0 Å². The van der Waals surface area contributed by atoms with Crippen molar-refractivity contribution in [1.82, 2.24) is 10.3 Å². The summed E-state index contributed by atoms with van der Waals surface area (Å²) in [5.74, 6) is 0.331. The number of pyridine rings is 1. The molecule has 1 atom stereocenters. The predicted octanol–water partition coefficient (Wildman–Crippen LogP) is 1.76. The first-order valence-electron chi connectivity index (χ1n) is 6.61. The number of carbonyl (C=O) groups excluding carboxylic acids is 1. The molecule has 1 aromatic rings. The zero-order valence-corrected chi connectivity index (χ0v) is 11.7. The van der Waals surface area contributed by atoms with Gasteiger partial charge in [0.25, 0.3) is 5.91 Å². The van der Waals surface area contributed by atoms with Crippen LogP contribution in [-0.2, 0) is 0 Å². The van der Waals surface area contributed by atoms with E-state index in [1.54, 1.807) is 12.1 Å². The van der Waals surface area contributed by atoms with Crippen molar-refractivity contribution >= 4 is 5.91 Å². The molecule has 0 radical (unpaired) electrons. The monoisotopic (exact) mass is 266 g/mol. The summed E-state index contributed by atoms with van der Waals surface area (Å²) in [6, 6.07) is 3.36. The lowest BCUT2D eigenvalue weighted by atomic mass is 10.1. The summed E-state index contributed by atoms with van der Waals surface area (Å²) in [6.45, 7) is 5.88. The maximum atomic E-state index is 11.9. The van der Waals surface area contributed by atoms with Gasteiger partial charge in [-0.25, -0.2) is 4.98 Å². The Bertz CT molecular complexity index is 390. The lowest BCUT2D eigenvalue weighted by molar-refractivity contribution is 0.0928. The van der Waals surface area contributed by atoms with Gasteiger partial charge in [0.2, 0.25) is 5.88 Å². The first kappa shape index (κ1) is 15.4. The van der Waals surface area contributed by atoms with E-state index in [-0.39, 0.29) is 24.7 Å². The zero-order valence-electron chi connectivity index (χ0n) is 11.7. The fourth-order valence-electron chi connectivity index (χ4n) is 1.63. The minimum Gasteiger partial charge on any atom is -0.475 e. The summed E-state index contributed by atoms with van der Waals surface area (Å²) in [7, 11) is 0. The van der Waals surface area contributed by atoms with E-state index < -0.39 is 0 Å². The number of nitrogens with zero attached hydrogens (tertiary/aromatic N) is 1. The molecule has 1 rings (SSSR count). The topological polar surface area (TPSA) is 71.5 Å². The third-order valence-electron chi connectivity index (χ3n) is 2.66. The molecular weight excluding hydrogens is 244 g/mol. The Labute approximate surface area is 114 Å². The lowest BCUT2D eigenvalue weighted by Crippen LogP contribution is -2.35. The molecule has 5 heteroatoms. The van der Waals surface area contributed by atoms with Crippen molar-refractivity contribution in [3.05, 3.63) is 23.9 Å². The number of amides is 1. The largest absolute Gasteiger partial charge is 0.475 e. The molecule has 106 valence electrons. The van der Waals surface area contributed by atoms with Crippen LogP contribution in [0.25, 0.3) is 0 Å². The highest BCUT2D eigenvalue weighted by Crippen LogP contribution is 2.10. The van der Waals surface area contributed by atoms with Crippen LogP contribution in [-0.4, -0.2) is 34.8 Å². The highest BCUT2D eigenvalue weighted by atomic mass is 16.5. The number of nitrogens with one attached hydrogen (secondary N) is 1. The molecule has 1 aromatic heterocycles. The van der Waals surface area contributed by atoms with Crippen molar-refractivity contribution in [3.8, 4) is 5.88 Å². The Morgan fingerprint density at radius 1 is 1.47 bits per heavy atom. The second-order valence-electron chi connectivity index (χ2n) is 4.64. The summed E-state index contributed by atoms with van der Waals surface area (Å²) in [5.41, 5.74) is 0.493. The lowest BCUT2D eigenvalue weighted by Gasteiger charge is -2.15. The average molecular weight is 266 g/mol. The first-order chi connectivity index (χ1) is 9.06. The van der Waals surface area contributed by atoms with Crippen LogP contribution < -0.4 is 10.1 Å². The van der Waals surface area contributed by atoms with Gasteiger partial charge in [0.1, 0.15) is 0 Å². The molecule has 0 aliphatic rings. The average Bonchev–Trinajstić information content (AvgIpc) is 2.38. The standard InChI is InChI=1S/C14H22N2O3/c1-4-12(7-8-17)16-14(18)11-5-6-13(15-9-11)19-10(2)3/h5-6,9-10,12,17H,4,7-8H2,1-3H3,(H,16,18). The van der Waals surface area contributed by atoms with Crippen LogP contribution >= 0.6 is 0 Å². The van der Waals surface area contributed by atoms with E-state index in [1.165, 1.54) is 6.20 Å². The fraction of sp³-hybridized carbons (Fsp3) is 0.571. The van der Waals surface area contributed by atoms with E-state index in [0.29, 0.717) is 17.9 Å². The van der Waals surface area contributed by atoms with Gasteiger partial charge in [0.15, 0.2) is 0 Å². The molecule has 0 fully saturated rings. The minimum absolute atomic E-state index is 0.0101. The van der Waals surface area contributed by atoms with Gasteiger partial charge in [-0.15, -0.1) is 0 Å². The Kier molecular flexibility index (Phi) is 6.29. The number of aliphatic hydroxyl groups is 1. The summed E-state index contributed by atoms with van der Waals surface area (Å²) in [5, 5.41) is 11.8. The molecular formula is C14H22N2O3. The summed E-state index contributed by atoms with van der Waals surface area (Å²) < 4.78 is 5.41. The van der Waals surface area contributed by atoms with Gasteiger partial charge in [-0.1, -0.05) is 6.92 Å². The van der Waals surface area contributed by atoms with Crippen LogP contribution in [0.2, 0.25) is 0 Å². The number of aromatic nitrogens is 1. The molecule has 1 unspecified atom stereocenters. The molecule has 19 heavy (non-hydrogen) atoms. The van der Waals surface area contributed by atoms with E-state index in [0.717, 1.165) is 6.42 Å². The molecule has 0 aromatic carbocycles. The quantitative estimate of drug-likeness (QED) is 0.789. The van der Waals surface area contributed by atoms with E-state index in [9.17, 15) is 4.79 Å². The Hall–Kier alpha value is -1.62. The van der Waals surface area contributed by atoms with Crippen LogP contribution in [0.5, 0.6) is 5.88 Å². The number of hydrogen-bond acceptors (Lipinski definition) is 4. The van der Waals surface area contributed by atoms with Crippen molar-refractivity contribution < 1.29 is 14.6 Å². The van der Waals surface area contributed by atoms with Gasteiger partial charge in [-0.05, 0) is 32.8 Å². The third kappa shape index (κ3) is 5.26. The SMILES string of the molecule is CCC(CCO)NC(=O)c1ccc(OC(C)C)nc1. The van der Waals surface area contributed by atoms with E-state index >= 15 is 0 Å². The molecule has 0 saturated heterocycles. The number of carbonyl (C=O) groups is 1. The second kappa shape index (κ2) is 7.74. The van der Waals surface area contributed by atoms with Crippen molar-refractivity contribution in [2.24, 2.45) is 0 Å². The zero-order chi connectivity index (χ0) is 14.3. The summed E-state index contributed by atoms with van der Waals surface area (Å²) >= 11 is 0. The second-order valence-corrected chi connectivity index (χ2v) is 4.64. The highest BCUT2D eigenvalue weighted by molar-refractivity contribution is 5.94. The van der Waals surface area contributed by atoms with Crippen LogP contribution in [0, 0.1) is 0 Å². The van der Waals surface area contributed by atoms with Gasteiger partial charge in [-0.3, -0.25) is 4.79 Å². The molecule has 0 saturated carbocycles. The van der Waals surface area contributed by atoms with E-state index in [1.807, 2.05) is 20.8 Å². The number of hydrogen-bond donors (Lipinski definition) is 2. The van der Waals surface area contributed by atoms with Crippen molar-refractivity contribution in [2.45, 2.75) is 45.8 Å². The first-order valence-corrected chi connectivity index (χ1v) is 6.61. The number of ether oxygens (including phenoxy) is 1. The number of rotatable bonds is 7. The van der Waals surface area contributed by atoms with Crippen LogP contribution in [0.15, 0.2) is 18.3 Å². The summed E-state index contributed by atoms with van der Waals surface area (Å²) in [6.07, 6.45) is 2.90. The van der Waals surface area contributed by atoms with Gasteiger partial charge in [0.05, 0.1) is 11.7 Å². The Morgan fingerprint density at radius 2 is 2.21 bits per heavy atom. The third-order valence-corrected chi connectivity index (χ3v) is 2.66.